The molecule has 0 fully saturated rings. The van der Waals surface area contributed by atoms with E-state index >= 15 is 0 Å². The molecule has 0 aliphatic rings. The first kappa shape index (κ1) is 16.1. The van der Waals surface area contributed by atoms with Crippen LogP contribution in [0.3, 0.4) is 0 Å². The van der Waals surface area contributed by atoms with Crippen LogP contribution in [0.5, 0.6) is 0 Å². The van der Waals surface area contributed by atoms with Crippen molar-refractivity contribution in [1.82, 2.24) is 4.90 Å². The maximum Gasteiger partial charge on any atom is 0.233 e. The van der Waals surface area contributed by atoms with E-state index in [0.29, 0.717) is 5.75 Å². The first-order valence-corrected chi connectivity index (χ1v) is 7.82. The molecule has 19 heavy (non-hydrogen) atoms. The highest BCUT2D eigenvalue weighted by Gasteiger charge is 2.20. The zero-order valence-corrected chi connectivity index (χ0v) is 13.7. The average molecular weight is 279 g/mol. The van der Waals surface area contributed by atoms with Gasteiger partial charge in [-0.15, -0.1) is 11.8 Å². The van der Waals surface area contributed by atoms with Crippen molar-refractivity contribution in [3.05, 3.63) is 29.3 Å². The van der Waals surface area contributed by atoms with Crippen LogP contribution in [-0.2, 0) is 4.79 Å². The molecule has 0 N–H and O–H groups in total. The van der Waals surface area contributed by atoms with Gasteiger partial charge < -0.3 is 4.90 Å². The molecular weight excluding hydrogens is 254 g/mol. The van der Waals surface area contributed by atoms with Crippen molar-refractivity contribution in [3.8, 4) is 0 Å². The summed E-state index contributed by atoms with van der Waals surface area (Å²) >= 11 is 1.64. The Kier molecular flexibility index (Phi) is 5.92. The molecule has 0 spiro atoms. The fourth-order valence-corrected chi connectivity index (χ4v) is 3.24. The molecule has 1 aromatic rings. The number of benzene rings is 1. The van der Waals surface area contributed by atoms with Gasteiger partial charge in [-0.25, -0.2) is 0 Å². The Hall–Kier alpha value is -0.960. The standard InChI is InChI=1S/C16H25NOS/c1-11(2)17(12(3)4)16(18)10-19-15-9-13(5)7-8-14(15)6/h7-9,11-12H,10H2,1-6H3. The number of nitrogens with zero attached hydrogens (tertiary/aromatic N) is 1. The number of hydrogen-bond donors (Lipinski definition) is 0. The van der Waals surface area contributed by atoms with Gasteiger partial charge in [0.05, 0.1) is 5.75 Å². The Balaban J connectivity index is 2.70. The summed E-state index contributed by atoms with van der Waals surface area (Å²) in [5.74, 6) is 0.733. The number of carbonyl (C=O) groups is 1. The quantitative estimate of drug-likeness (QED) is 0.758. The number of hydrogen-bond acceptors (Lipinski definition) is 2. The fraction of sp³-hybridized carbons (Fsp3) is 0.562. The molecule has 106 valence electrons. The normalized spacial score (nSPS) is 11.2. The zero-order valence-electron chi connectivity index (χ0n) is 12.9. The molecule has 3 heteroatoms. The summed E-state index contributed by atoms with van der Waals surface area (Å²) in [5, 5.41) is 0. The number of aryl methyl sites for hydroxylation is 2. The largest absolute Gasteiger partial charge is 0.337 e. The molecule has 1 aromatic carbocycles. The van der Waals surface area contributed by atoms with Gasteiger partial charge in [-0.05, 0) is 53.2 Å². The van der Waals surface area contributed by atoms with Gasteiger partial charge in [-0.1, -0.05) is 17.7 Å². The van der Waals surface area contributed by atoms with Gasteiger partial charge >= 0.3 is 0 Å². The molecule has 1 rings (SSSR count). The van der Waals surface area contributed by atoms with Gasteiger partial charge in [0.2, 0.25) is 5.91 Å². The predicted octanol–water partition coefficient (Wildman–Crippen LogP) is 4.04. The third-order valence-electron chi connectivity index (χ3n) is 3.10. The molecule has 0 aliphatic carbocycles. The van der Waals surface area contributed by atoms with E-state index in [0.717, 1.165) is 0 Å². The summed E-state index contributed by atoms with van der Waals surface area (Å²) in [5.41, 5.74) is 2.48. The van der Waals surface area contributed by atoms with Crippen LogP contribution in [0.2, 0.25) is 0 Å². The zero-order chi connectivity index (χ0) is 14.6. The van der Waals surface area contributed by atoms with Crippen molar-refractivity contribution >= 4 is 17.7 Å². The second kappa shape index (κ2) is 6.99. The van der Waals surface area contributed by atoms with Crippen LogP contribution in [-0.4, -0.2) is 28.6 Å². The maximum absolute atomic E-state index is 12.3. The minimum atomic E-state index is 0.218. The highest BCUT2D eigenvalue weighted by atomic mass is 32.2. The lowest BCUT2D eigenvalue weighted by Crippen LogP contribution is -2.43. The van der Waals surface area contributed by atoms with Crippen molar-refractivity contribution in [2.45, 2.75) is 58.5 Å². The summed E-state index contributed by atoms with van der Waals surface area (Å²) in [7, 11) is 0. The summed E-state index contributed by atoms with van der Waals surface area (Å²) in [6, 6.07) is 6.89. The molecule has 0 radical (unpaired) electrons. The SMILES string of the molecule is Cc1ccc(C)c(SCC(=O)N(C(C)C)C(C)C)c1. The number of carbonyl (C=O) groups excluding carboxylic acids is 1. The first-order chi connectivity index (χ1) is 8.82. The van der Waals surface area contributed by atoms with E-state index in [-0.39, 0.29) is 18.0 Å². The lowest BCUT2D eigenvalue weighted by Gasteiger charge is -2.30. The van der Waals surface area contributed by atoms with Crippen LogP contribution in [0.1, 0.15) is 38.8 Å². The Morgan fingerprint density at radius 3 is 2.26 bits per heavy atom. The Labute approximate surface area is 121 Å². The monoisotopic (exact) mass is 279 g/mol. The topological polar surface area (TPSA) is 20.3 Å². The first-order valence-electron chi connectivity index (χ1n) is 6.84. The molecule has 0 atom stereocenters. The highest BCUT2D eigenvalue weighted by Crippen LogP contribution is 2.24. The van der Waals surface area contributed by atoms with Crippen LogP contribution in [0, 0.1) is 13.8 Å². The second-order valence-electron chi connectivity index (χ2n) is 5.55. The molecule has 0 aromatic heterocycles. The van der Waals surface area contributed by atoms with E-state index < -0.39 is 0 Å². The van der Waals surface area contributed by atoms with Gasteiger partial charge in [0.15, 0.2) is 0 Å². The lowest BCUT2D eigenvalue weighted by atomic mass is 10.2. The predicted molar refractivity (Wildman–Crippen MR) is 83.8 cm³/mol. The van der Waals surface area contributed by atoms with Gasteiger partial charge in [-0.2, -0.15) is 0 Å². The minimum Gasteiger partial charge on any atom is -0.337 e. The van der Waals surface area contributed by atoms with Crippen LogP contribution in [0.4, 0.5) is 0 Å². The molecule has 2 nitrogen and oxygen atoms in total. The minimum absolute atomic E-state index is 0.218. The molecule has 0 heterocycles. The van der Waals surface area contributed by atoms with E-state index in [2.05, 4.69) is 59.7 Å². The van der Waals surface area contributed by atoms with Crippen molar-refractivity contribution in [3.63, 3.8) is 0 Å². The molecule has 0 saturated carbocycles. The molecule has 1 amide bonds. The van der Waals surface area contributed by atoms with Gasteiger partial charge in [-0.3, -0.25) is 4.79 Å². The average Bonchev–Trinajstić information content (AvgIpc) is 2.29. The number of amides is 1. The smallest absolute Gasteiger partial charge is 0.233 e. The Morgan fingerprint density at radius 2 is 1.74 bits per heavy atom. The van der Waals surface area contributed by atoms with Crippen LogP contribution in [0.25, 0.3) is 0 Å². The van der Waals surface area contributed by atoms with Crippen LogP contribution >= 0.6 is 11.8 Å². The van der Waals surface area contributed by atoms with Gasteiger partial charge in [0.25, 0.3) is 0 Å². The van der Waals surface area contributed by atoms with E-state index in [1.807, 2.05) is 4.90 Å². The van der Waals surface area contributed by atoms with Gasteiger partial charge in [0, 0.05) is 17.0 Å². The van der Waals surface area contributed by atoms with Crippen LogP contribution in [0.15, 0.2) is 23.1 Å². The highest BCUT2D eigenvalue weighted by molar-refractivity contribution is 8.00. The lowest BCUT2D eigenvalue weighted by molar-refractivity contribution is -0.131. The molecule has 0 aliphatic heterocycles. The van der Waals surface area contributed by atoms with E-state index in [9.17, 15) is 4.79 Å². The molecular formula is C16H25NOS. The molecule has 0 saturated heterocycles. The Morgan fingerprint density at radius 1 is 1.16 bits per heavy atom. The summed E-state index contributed by atoms with van der Waals surface area (Å²) < 4.78 is 0. The van der Waals surface area contributed by atoms with Crippen molar-refractivity contribution in [2.24, 2.45) is 0 Å². The fourth-order valence-electron chi connectivity index (χ4n) is 2.25. The van der Waals surface area contributed by atoms with E-state index in [1.165, 1.54) is 16.0 Å². The third kappa shape index (κ3) is 4.57. The summed E-state index contributed by atoms with van der Waals surface area (Å²) in [6.45, 7) is 12.5. The molecule has 0 unspecified atom stereocenters. The van der Waals surface area contributed by atoms with Crippen LogP contribution < -0.4 is 0 Å². The van der Waals surface area contributed by atoms with Crippen molar-refractivity contribution in [1.29, 1.82) is 0 Å². The number of thioether (sulfide) groups is 1. The van der Waals surface area contributed by atoms with Crippen molar-refractivity contribution in [2.75, 3.05) is 5.75 Å². The molecule has 0 bridgehead atoms. The van der Waals surface area contributed by atoms with E-state index in [4.69, 9.17) is 0 Å². The van der Waals surface area contributed by atoms with Gasteiger partial charge in [0.1, 0.15) is 0 Å². The second-order valence-corrected chi connectivity index (χ2v) is 6.56. The maximum atomic E-state index is 12.3. The third-order valence-corrected chi connectivity index (χ3v) is 4.24. The summed E-state index contributed by atoms with van der Waals surface area (Å²) in [6.07, 6.45) is 0. The number of rotatable bonds is 5. The Bertz CT molecular complexity index is 432. The summed E-state index contributed by atoms with van der Waals surface area (Å²) in [4.78, 5) is 15.5. The van der Waals surface area contributed by atoms with Crippen molar-refractivity contribution < 1.29 is 4.79 Å². The van der Waals surface area contributed by atoms with E-state index in [1.54, 1.807) is 11.8 Å².